The van der Waals surface area contributed by atoms with Crippen molar-refractivity contribution in [3.05, 3.63) is 29.3 Å². The monoisotopic (exact) mass is 162 g/mol. The van der Waals surface area contributed by atoms with Gasteiger partial charge in [-0.15, -0.1) is 0 Å². The molecule has 2 rings (SSSR count). The van der Waals surface area contributed by atoms with E-state index < -0.39 is 0 Å². The fourth-order valence-corrected chi connectivity index (χ4v) is 1.63. The molecule has 0 aliphatic carbocycles. The molecule has 0 saturated heterocycles. The molecule has 12 heavy (non-hydrogen) atoms. The van der Waals surface area contributed by atoms with E-state index in [4.69, 9.17) is 5.73 Å². The first kappa shape index (κ1) is 7.62. The van der Waals surface area contributed by atoms with Crippen LogP contribution in [0.2, 0.25) is 0 Å². The van der Waals surface area contributed by atoms with Gasteiger partial charge >= 0.3 is 0 Å². The standard InChI is InChI=1S/C10H14N2/c1-2-7-3-4-10-8(5-7)9(11)6-12-10/h3-5,9,12H,2,6,11H2,1H3. The molecule has 1 aliphatic heterocycles. The zero-order chi connectivity index (χ0) is 8.55. The number of nitrogens with one attached hydrogen (secondary N) is 1. The first-order valence-corrected chi connectivity index (χ1v) is 4.43. The molecule has 0 spiro atoms. The van der Waals surface area contributed by atoms with Crippen molar-refractivity contribution in [3.63, 3.8) is 0 Å². The Morgan fingerprint density at radius 3 is 3.17 bits per heavy atom. The second-order valence-corrected chi connectivity index (χ2v) is 3.26. The highest BCUT2D eigenvalue weighted by Crippen LogP contribution is 2.28. The van der Waals surface area contributed by atoms with Crippen LogP contribution in [0.4, 0.5) is 5.69 Å². The number of aryl methyl sites for hydroxylation is 1. The van der Waals surface area contributed by atoms with Crippen LogP contribution in [0.3, 0.4) is 0 Å². The summed E-state index contributed by atoms with van der Waals surface area (Å²) < 4.78 is 0. The Hall–Kier alpha value is -1.02. The lowest BCUT2D eigenvalue weighted by molar-refractivity contribution is 0.806. The second kappa shape index (κ2) is 2.79. The van der Waals surface area contributed by atoms with Gasteiger partial charge in [0.15, 0.2) is 0 Å². The van der Waals surface area contributed by atoms with E-state index in [0.717, 1.165) is 13.0 Å². The molecule has 0 amide bonds. The van der Waals surface area contributed by atoms with E-state index in [-0.39, 0.29) is 6.04 Å². The predicted octanol–water partition coefficient (Wildman–Crippen LogP) is 1.67. The van der Waals surface area contributed by atoms with Gasteiger partial charge in [0.1, 0.15) is 0 Å². The number of nitrogens with two attached hydrogens (primary N) is 1. The lowest BCUT2D eigenvalue weighted by Crippen LogP contribution is -2.11. The van der Waals surface area contributed by atoms with Crippen LogP contribution in [0.1, 0.15) is 24.1 Å². The van der Waals surface area contributed by atoms with Gasteiger partial charge < -0.3 is 11.1 Å². The first-order chi connectivity index (χ1) is 5.81. The third-order valence-corrected chi connectivity index (χ3v) is 2.44. The zero-order valence-electron chi connectivity index (χ0n) is 7.30. The molecule has 1 aliphatic rings. The van der Waals surface area contributed by atoms with Crippen molar-refractivity contribution < 1.29 is 0 Å². The average Bonchev–Trinajstić information content (AvgIpc) is 2.47. The average molecular weight is 162 g/mol. The minimum Gasteiger partial charge on any atom is -0.383 e. The molecular formula is C10H14N2. The van der Waals surface area contributed by atoms with Crippen LogP contribution in [-0.2, 0) is 6.42 Å². The molecule has 0 radical (unpaired) electrons. The van der Waals surface area contributed by atoms with E-state index >= 15 is 0 Å². The number of fused-ring (bicyclic) bond motifs is 1. The Bertz CT molecular complexity index is 294. The molecule has 0 saturated carbocycles. The molecule has 2 heteroatoms. The van der Waals surface area contributed by atoms with E-state index in [9.17, 15) is 0 Å². The van der Waals surface area contributed by atoms with Crippen LogP contribution in [0.25, 0.3) is 0 Å². The molecule has 2 nitrogen and oxygen atoms in total. The van der Waals surface area contributed by atoms with Crippen molar-refractivity contribution in [2.45, 2.75) is 19.4 Å². The van der Waals surface area contributed by atoms with Gasteiger partial charge in [-0.05, 0) is 23.6 Å². The van der Waals surface area contributed by atoms with E-state index in [1.807, 2.05) is 0 Å². The van der Waals surface area contributed by atoms with Gasteiger partial charge in [0.05, 0.1) is 0 Å². The highest BCUT2D eigenvalue weighted by Gasteiger charge is 2.17. The molecule has 1 heterocycles. The molecular weight excluding hydrogens is 148 g/mol. The van der Waals surface area contributed by atoms with E-state index in [2.05, 4.69) is 30.4 Å². The Morgan fingerprint density at radius 1 is 1.58 bits per heavy atom. The van der Waals surface area contributed by atoms with Crippen molar-refractivity contribution >= 4 is 5.69 Å². The van der Waals surface area contributed by atoms with Gasteiger partial charge in [0, 0.05) is 18.3 Å². The van der Waals surface area contributed by atoms with Gasteiger partial charge in [0.25, 0.3) is 0 Å². The lowest BCUT2D eigenvalue weighted by Gasteiger charge is -2.04. The number of hydrogen-bond donors (Lipinski definition) is 2. The summed E-state index contributed by atoms with van der Waals surface area (Å²) in [5, 5.41) is 3.28. The van der Waals surface area contributed by atoms with Crippen molar-refractivity contribution in [2.24, 2.45) is 5.73 Å². The highest BCUT2D eigenvalue weighted by molar-refractivity contribution is 5.58. The molecule has 1 atom stereocenters. The van der Waals surface area contributed by atoms with Gasteiger partial charge in [-0.25, -0.2) is 0 Å². The summed E-state index contributed by atoms with van der Waals surface area (Å²) in [6.07, 6.45) is 1.08. The van der Waals surface area contributed by atoms with E-state index in [1.165, 1.54) is 16.8 Å². The normalized spacial score (nSPS) is 20.3. The molecule has 1 aromatic rings. The van der Waals surface area contributed by atoms with E-state index in [0.29, 0.717) is 0 Å². The molecule has 0 bridgehead atoms. The van der Waals surface area contributed by atoms with Crippen LogP contribution < -0.4 is 11.1 Å². The summed E-state index contributed by atoms with van der Waals surface area (Å²) in [6.45, 7) is 3.04. The minimum absolute atomic E-state index is 0.187. The topological polar surface area (TPSA) is 38.0 Å². The smallest absolute Gasteiger partial charge is 0.0491 e. The van der Waals surface area contributed by atoms with Gasteiger partial charge in [-0.3, -0.25) is 0 Å². The van der Waals surface area contributed by atoms with Crippen LogP contribution in [0.15, 0.2) is 18.2 Å². The molecule has 1 aromatic carbocycles. The fourth-order valence-electron chi connectivity index (χ4n) is 1.63. The Balaban J connectivity index is 2.43. The van der Waals surface area contributed by atoms with Crippen LogP contribution in [0.5, 0.6) is 0 Å². The summed E-state index contributed by atoms with van der Waals surface area (Å²) in [7, 11) is 0. The quantitative estimate of drug-likeness (QED) is 0.659. The predicted molar refractivity (Wildman–Crippen MR) is 51.2 cm³/mol. The number of benzene rings is 1. The summed E-state index contributed by atoms with van der Waals surface area (Å²) in [5.41, 5.74) is 9.76. The molecule has 3 N–H and O–H groups in total. The van der Waals surface area contributed by atoms with Crippen molar-refractivity contribution in [1.82, 2.24) is 0 Å². The summed E-state index contributed by atoms with van der Waals surface area (Å²) in [6, 6.07) is 6.68. The lowest BCUT2D eigenvalue weighted by atomic mass is 10.0. The largest absolute Gasteiger partial charge is 0.383 e. The van der Waals surface area contributed by atoms with Crippen molar-refractivity contribution in [1.29, 1.82) is 0 Å². The highest BCUT2D eigenvalue weighted by atomic mass is 15.0. The van der Waals surface area contributed by atoms with Gasteiger partial charge in [0.2, 0.25) is 0 Å². The van der Waals surface area contributed by atoms with Crippen LogP contribution >= 0.6 is 0 Å². The summed E-state index contributed by atoms with van der Waals surface area (Å²) >= 11 is 0. The summed E-state index contributed by atoms with van der Waals surface area (Å²) in [5.74, 6) is 0. The minimum atomic E-state index is 0.187. The zero-order valence-corrected chi connectivity index (χ0v) is 7.30. The Labute approximate surface area is 72.8 Å². The fraction of sp³-hybridized carbons (Fsp3) is 0.400. The van der Waals surface area contributed by atoms with E-state index in [1.54, 1.807) is 0 Å². The first-order valence-electron chi connectivity index (χ1n) is 4.43. The molecule has 1 unspecified atom stereocenters. The number of anilines is 1. The SMILES string of the molecule is CCc1ccc2c(c1)C(N)CN2. The Kier molecular flexibility index (Phi) is 1.77. The molecule has 0 aromatic heterocycles. The summed E-state index contributed by atoms with van der Waals surface area (Å²) in [4.78, 5) is 0. The van der Waals surface area contributed by atoms with Crippen LogP contribution in [0, 0.1) is 0 Å². The van der Waals surface area contributed by atoms with Crippen molar-refractivity contribution in [3.8, 4) is 0 Å². The maximum Gasteiger partial charge on any atom is 0.0491 e. The second-order valence-electron chi connectivity index (χ2n) is 3.26. The van der Waals surface area contributed by atoms with Crippen LogP contribution in [-0.4, -0.2) is 6.54 Å². The van der Waals surface area contributed by atoms with Gasteiger partial charge in [-0.1, -0.05) is 19.1 Å². The third-order valence-electron chi connectivity index (χ3n) is 2.44. The van der Waals surface area contributed by atoms with Gasteiger partial charge in [-0.2, -0.15) is 0 Å². The maximum absolute atomic E-state index is 5.91. The molecule has 0 fully saturated rings. The Morgan fingerprint density at radius 2 is 2.42 bits per heavy atom. The number of rotatable bonds is 1. The maximum atomic E-state index is 5.91. The molecule has 64 valence electrons. The number of hydrogen-bond acceptors (Lipinski definition) is 2. The third kappa shape index (κ3) is 1.08. The van der Waals surface area contributed by atoms with Crippen molar-refractivity contribution in [2.75, 3.05) is 11.9 Å².